The van der Waals surface area contributed by atoms with Crippen molar-refractivity contribution in [3.05, 3.63) is 197 Å². The Bertz CT molecular complexity index is 2370. The van der Waals surface area contributed by atoms with E-state index >= 15 is 0 Å². The maximum absolute atomic E-state index is 14.3. The summed E-state index contributed by atoms with van der Waals surface area (Å²) >= 11 is 2.09. The van der Waals surface area contributed by atoms with Gasteiger partial charge in [0, 0.05) is 39.5 Å². The molecule has 0 aliphatic carbocycles. The van der Waals surface area contributed by atoms with Crippen molar-refractivity contribution in [2.24, 2.45) is 5.16 Å². The maximum atomic E-state index is 14.3. The first-order chi connectivity index (χ1) is 28.4. The van der Waals surface area contributed by atoms with E-state index in [1.807, 2.05) is 152 Å². The van der Waals surface area contributed by atoms with Crippen LogP contribution >= 0.6 is 23.3 Å². The average molecular weight is 807 g/mol. The van der Waals surface area contributed by atoms with Gasteiger partial charge in [-0.15, -0.1) is 11.8 Å². The molecule has 1 saturated heterocycles. The van der Waals surface area contributed by atoms with Gasteiger partial charge < -0.3 is 20.6 Å². The van der Waals surface area contributed by atoms with Crippen LogP contribution in [0.1, 0.15) is 39.7 Å². The van der Waals surface area contributed by atoms with Gasteiger partial charge in [0.1, 0.15) is 23.4 Å². The lowest BCUT2D eigenvalue weighted by molar-refractivity contribution is -0.154. The van der Waals surface area contributed by atoms with Crippen LogP contribution in [-0.2, 0) is 34.4 Å². The van der Waals surface area contributed by atoms with E-state index < -0.39 is 40.9 Å². The molecule has 58 heavy (non-hydrogen) atoms. The molecule has 0 bridgehead atoms. The van der Waals surface area contributed by atoms with Crippen LogP contribution in [0.15, 0.2) is 168 Å². The number of carbonyl (C=O) groups excluding carboxylic acids is 4. The van der Waals surface area contributed by atoms with Gasteiger partial charge in [-0.05, 0) is 11.1 Å². The van der Waals surface area contributed by atoms with Gasteiger partial charge in [0.05, 0.1) is 0 Å². The Morgan fingerprint density at radius 1 is 0.810 bits per heavy atom. The van der Waals surface area contributed by atoms with Gasteiger partial charge in [-0.25, -0.2) is 4.79 Å². The van der Waals surface area contributed by atoms with Crippen LogP contribution in [0.3, 0.4) is 0 Å². The van der Waals surface area contributed by atoms with Crippen molar-refractivity contribution in [3.63, 3.8) is 0 Å². The number of oxime groups is 1. The second kappa shape index (κ2) is 16.7. The SMILES string of the molecule is Nc1nc(/C(=N/OC(c2ccccc2)(c2ccccc2)c2ccccc2)C(=O)NC2C(=O)N3C(C(=O)OC(c4ccccc4)c4ccccc4)=C(C=O)CSC23)ns1. The predicted molar refractivity (Wildman–Crippen MR) is 220 cm³/mol. The molecule has 1 aromatic heterocycles. The number of nitrogens with two attached hydrogens (primary N) is 1. The Balaban J connectivity index is 1.10. The highest BCUT2D eigenvalue weighted by atomic mass is 32.2. The third-order valence-corrected chi connectivity index (χ3v) is 11.6. The predicted octanol–water partition coefficient (Wildman–Crippen LogP) is 6.02. The number of rotatable bonds is 13. The van der Waals surface area contributed by atoms with Crippen molar-refractivity contribution >= 4 is 58.2 Å². The van der Waals surface area contributed by atoms with E-state index in [1.54, 1.807) is 0 Å². The lowest BCUT2D eigenvalue weighted by Crippen LogP contribution is -2.71. The van der Waals surface area contributed by atoms with E-state index in [2.05, 4.69) is 19.8 Å². The maximum Gasteiger partial charge on any atom is 0.356 e. The Hall–Kier alpha value is -6.90. The topological polar surface area (TPSA) is 166 Å². The second-order valence-corrected chi connectivity index (χ2v) is 15.1. The summed E-state index contributed by atoms with van der Waals surface area (Å²) in [5, 5.41) is 6.59. The first-order valence-corrected chi connectivity index (χ1v) is 20.0. The number of amides is 2. The molecular weight excluding hydrogens is 773 g/mol. The highest BCUT2D eigenvalue weighted by molar-refractivity contribution is 8.00. The first kappa shape index (κ1) is 38.0. The summed E-state index contributed by atoms with van der Waals surface area (Å²) in [4.78, 5) is 66.7. The second-order valence-electron chi connectivity index (χ2n) is 13.2. The number of carbonyl (C=O) groups is 4. The molecule has 14 heteroatoms. The van der Waals surface area contributed by atoms with E-state index in [0.29, 0.717) is 17.4 Å². The molecule has 12 nitrogen and oxygen atoms in total. The Labute approximate surface area is 341 Å². The summed E-state index contributed by atoms with van der Waals surface area (Å²) in [7, 11) is 0. The molecule has 2 aliphatic heterocycles. The number of β-lactam (4-membered cyclic amide) rings is 1. The third-order valence-electron chi connectivity index (χ3n) is 9.73. The number of nitrogen functional groups attached to an aromatic ring is 1. The van der Waals surface area contributed by atoms with E-state index in [-0.39, 0.29) is 33.7 Å². The van der Waals surface area contributed by atoms with Crippen LogP contribution in [0.4, 0.5) is 5.13 Å². The summed E-state index contributed by atoms with van der Waals surface area (Å²) in [5.41, 5.74) is 7.82. The lowest BCUT2D eigenvalue weighted by Gasteiger charge is -2.49. The molecule has 3 heterocycles. The number of nitrogens with zero attached hydrogens (tertiary/aromatic N) is 4. The van der Waals surface area contributed by atoms with Gasteiger partial charge in [-0.3, -0.25) is 19.3 Å². The minimum absolute atomic E-state index is 0.0867. The summed E-state index contributed by atoms with van der Waals surface area (Å²) < 4.78 is 10.3. The lowest BCUT2D eigenvalue weighted by atomic mass is 9.80. The van der Waals surface area contributed by atoms with Gasteiger partial charge in [-0.2, -0.15) is 9.36 Å². The molecular formula is C44H34N6O6S2. The van der Waals surface area contributed by atoms with E-state index in [0.717, 1.165) is 28.2 Å². The summed E-state index contributed by atoms with van der Waals surface area (Å²) in [6.07, 6.45) is -0.264. The number of nitrogens with one attached hydrogen (secondary N) is 1. The van der Waals surface area contributed by atoms with Crippen LogP contribution in [-0.4, -0.2) is 61.2 Å². The normalized spacial score (nSPS) is 16.6. The highest BCUT2D eigenvalue weighted by Crippen LogP contribution is 2.43. The molecule has 2 atom stereocenters. The molecule has 0 spiro atoms. The van der Waals surface area contributed by atoms with Crippen LogP contribution in [0.25, 0.3) is 0 Å². The van der Waals surface area contributed by atoms with Gasteiger partial charge in [-0.1, -0.05) is 157 Å². The van der Waals surface area contributed by atoms with Gasteiger partial charge in [0.25, 0.3) is 11.8 Å². The van der Waals surface area contributed by atoms with E-state index in [1.165, 1.54) is 16.7 Å². The fraction of sp³-hybridized carbons (Fsp3) is 0.114. The minimum atomic E-state index is -1.35. The first-order valence-electron chi connectivity index (χ1n) is 18.2. The van der Waals surface area contributed by atoms with Crippen LogP contribution < -0.4 is 11.1 Å². The van der Waals surface area contributed by atoms with Crippen molar-refractivity contribution in [1.29, 1.82) is 0 Å². The Morgan fingerprint density at radius 2 is 1.31 bits per heavy atom. The highest BCUT2D eigenvalue weighted by Gasteiger charge is 2.55. The molecule has 288 valence electrons. The van der Waals surface area contributed by atoms with Gasteiger partial charge >= 0.3 is 5.97 Å². The molecule has 1 fully saturated rings. The van der Waals surface area contributed by atoms with Gasteiger partial charge in [0.15, 0.2) is 11.2 Å². The number of aldehydes is 1. The zero-order chi connectivity index (χ0) is 40.1. The summed E-state index contributed by atoms with van der Waals surface area (Å²) in [6.45, 7) is 0. The monoisotopic (exact) mass is 806 g/mol. The quantitative estimate of drug-likeness (QED) is 0.0352. The fourth-order valence-corrected chi connectivity index (χ4v) is 8.71. The smallest absolute Gasteiger partial charge is 0.356 e. The average Bonchev–Trinajstić information content (AvgIpc) is 3.72. The molecule has 3 N–H and O–H groups in total. The minimum Gasteiger partial charge on any atom is -0.448 e. The van der Waals surface area contributed by atoms with Crippen LogP contribution in [0.2, 0.25) is 0 Å². The number of hydrogen-bond donors (Lipinski definition) is 2. The van der Waals surface area contributed by atoms with Crippen molar-refractivity contribution in [1.82, 2.24) is 19.6 Å². The fourth-order valence-electron chi connectivity index (χ4n) is 6.99. The number of benzene rings is 5. The standard InChI is InChI=1S/C44H34N6O6S2/c45-43-47-38(49-58-43)34(48-56-44(31-20-10-3-11-21-31,32-22-12-4-13-23-32)33-24-14-5-15-25-33)39(52)46-35-40(53)50-36(30(26-51)27-57-41(35)50)42(54)55-37(28-16-6-1-7-17-28)29-18-8-2-9-19-29/h1-26,35,37,41H,27H2,(H,46,52)(H2,45,47,49)/b48-34-. The van der Waals surface area contributed by atoms with Crippen molar-refractivity contribution in [2.45, 2.75) is 23.1 Å². The van der Waals surface area contributed by atoms with Crippen LogP contribution in [0.5, 0.6) is 0 Å². The number of hydrogen-bond acceptors (Lipinski definition) is 12. The summed E-state index contributed by atoms with van der Waals surface area (Å²) in [6, 6.07) is 45.6. The van der Waals surface area contributed by atoms with Crippen molar-refractivity contribution in [3.8, 4) is 0 Å². The largest absolute Gasteiger partial charge is 0.448 e. The Kier molecular flexibility index (Phi) is 10.9. The number of ether oxygens (including phenoxy) is 1. The number of anilines is 1. The number of aromatic nitrogens is 2. The number of thioether (sulfide) groups is 1. The van der Waals surface area contributed by atoms with Crippen molar-refractivity contribution < 1.29 is 28.8 Å². The van der Waals surface area contributed by atoms with Crippen LogP contribution in [0, 0.1) is 0 Å². The zero-order valence-electron chi connectivity index (χ0n) is 30.6. The number of fused-ring (bicyclic) bond motifs is 1. The number of esters is 1. The van der Waals surface area contributed by atoms with Gasteiger partial charge in [0.2, 0.25) is 17.1 Å². The third kappa shape index (κ3) is 7.26. The molecule has 2 unspecified atom stereocenters. The Morgan fingerprint density at radius 3 is 1.78 bits per heavy atom. The molecule has 6 aromatic rings. The molecule has 0 saturated carbocycles. The molecule has 0 radical (unpaired) electrons. The zero-order valence-corrected chi connectivity index (χ0v) is 32.2. The molecule has 2 aliphatic rings. The summed E-state index contributed by atoms with van der Waals surface area (Å²) in [5.74, 6) is -2.30. The molecule has 8 rings (SSSR count). The van der Waals surface area contributed by atoms with E-state index in [4.69, 9.17) is 15.3 Å². The molecule has 2 amide bonds. The molecule has 5 aromatic carbocycles. The van der Waals surface area contributed by atoms with Crippen molar-refractivity contribution in [2.75, 3.05) is 11.5 Å². The van der Waals surface area contributed by atoms with E-state index in [9.17, 15) is 19.2 Å².